The van der Waals surface area contributed by atoms with Crippen LogP contribution in [0.3, 0.4) is 0 Å². The van der Waals surface area contributed by atoms with Crippen molar-refractivity contribution in [3.63, 3.8) is 0 Å². The second kappa shape index (κ2) is 6.78. The molecular formula is C14H12F3N5O3S. The summed E-state index contributed by atoms with van der Waals surface area (Å²) in [6, 6.07) is 0. The van der Waals surface area contributed by atoms with Crippen molar-refractivity contribution < 1.29 is 27.4 Å². The number of nitrogens with zero attached hydrogens (tertiary/aromatic N) is 4. The molecule has 138 valence electrons. The molecule has 0 spiro atoms. The van der Waals surface area contributed by atoms with E-state index >= 15 is 0 Å². The van der Waals surface area contributed by atoms with Crippen molar-refractivity contribution in [2.45, 2.75) is 6.18 Å². The first-order valence-corrected chi connectivity index (χ1v) is 7.91. The van der Waals surface area contributed by atoms with Gasteiger partial charge in [-0.05, 0) is 0 Å². The van der Waals surface area contributed by atoms with Gasteiger partial charge in [0, 0.05) is 13.2 Å². The number of carbonyl (C=O) groups excluding carboxylic acids is 1. The smallest absolute Gasteiger partial charge is 0.422 e. The molecule has 0 fully saturated rings. The number of anilines is 1. The minimum absolute atomic E-state index is 0.0995. The van der Waals surface area contributed by atoms with Gasteiger partial charge in [-0.25, -0.2) is 9.97 Å². The summed E-state index contributed by atoms with van der Waals surface area (Å²) in [6.45, 7) is -1.47. The first-order valence-electron chi connectivity index (χ1n) is 7.10. The molecule has 0 unspecified atom stereocenters. The van der Waals surface area contributed by atoms with Gasteiger partial charge < -0.3 is 9.47 Å². The molecule has 3 aromatic heterocycles. The van der Waals surface area contributed by atoms with Crippen LogP contribution in [0.5, 0.6) is 11.6 Å². The van der Waals surface area contributed by atoms with Crippen LogP contribution in [0.25, 0.3) is 10.2 Å². The summed E-state index contributed by atoms with van der Waals surface area (Å²) in [5.74, 6) is -0.447. The molecule has 0 aliphatic carbocycles. The Labute approximate surface area is 148 Å². The molecule has 12 heteroatoms. The van der Waals surface area contributed by atoms with Crippen molar-refractivity contribution in [1.29, 1.82) is 0 Å². The molecule has 1 N–H and O–H groups in total. The fraction of sp³-hybridized carbons (Fsp3) is 0.286. The van der Waals surface area contributed by atoms with Crippen LogP contribution in [-0.4, -0.2) is 45.5 Å². The van der Waals surface area contributed by atoms with Gasteiger partial charge in [-0.1, -0.05) is 11.3 Å². The summed E-state index contributed by atoms with van der Waals surface area (Å²) < 4.78 is 48.8. The number of hydrogen-bond acceptors (Lipinski definition) is 7. The number of rotatable bonds is 5. The Balaban J connectivity index is 1.91. The number of thiazole rings is 1. The van der Waals surface area contributed by atoms with Gasteiger partial charge in [-0.15, -0.1) is 0 Å². The lowest BCUT2D eigenvalue weighted by atomic mass is 10.3. The minimum Gasteiger partial charge on any atom is -0.481 e. The van der Waals surface area contributed by atoms with E-state index in [1.54, 1.807) is 7.05 Å². The molecule has 0 radical (unpaired) electrons. The molecule has 1 amide bonds. The SMILES string of the molecule is COc1ncc(OCC(F)(F)F)c2sc(NC(=O)c3cnn(C)c3)nc12. The molecular weight excluding hydrogens is 375 g/mol. The standard InChI is InChI=1S/C14H12F3N5O3S/c1-22-5-7(3-19-22)11(23)21-13-20-9-10(26-13)8(4-18-12(9)24-2)25-6-14(15,16)17/h3-5H,6H2,1-2H3,(H,20,21,23). The molecule has 3 aromatic rings. The third kappa shape index (κ3) is 3.85. The van der Waals surface area contributed by atoms with Crippen molar-refractivity contribution in [2.75, 3.05) is 19.0 Å². The van der Waals surface area contributed by atoms with Crippen molar-refractivity contribution in [1.82, 2.24) is 19.7 Å². The van der Waals surface area contributed by atoms with Crippen LogP contribution in [0.15, 0.2) is 18.6 Å². The molecule has 3 heterocycles. The number of pyridine rings is 1. The second-order valence-electron chi connectivity index (χ2n) is 5.09. The molecule has 0 saturated heterocycles. The average Bonchev–Trinajstić information content (AvgIpc) is 3.18. The van der Waals surface area contributed by atoms with Gasteiger partial charge in [0.05, 0.1) is 25.1 Å². The van der Waals surface area contributed by atoms with Crippen LogP contribution < -0.4 is 14.8 Å². The Kier molecular flexibility index (Phi) is 4.68. The molecule has 0 aliphatic heterocycles. The highest BCUT2D eigenvalue weighted by atomic mass is 32.1. The summed E-state index contributed by atoms with van der Waals surface area (Å²) in [5.41, 5.74) is 0.504. The fourth-order valence-electron chi connectivity index (χ4n) is 2.04. The van der Waals surface area contributed by atoms with E-state index in [0.717, 1.165) is 17.5 Å². The highest BCUT2D eigenvalue weighted by Crippen LogP contribution is 2.38. The van der Waals surface area contributed by atoms with Crippen molar-refractivity contribution >= 4 is 32.6 Å². The van der Waals surface area contributed by atoms with Crippen LogP contribution >= 0.6 is 11.3 Å². The minimum atomic E-state index is -4.49. The highest BCUT2D eigenvalue weighted by molar-refractivity contribution is 7.22. The monoisotopic (exact) mass is 387 g/mol. The summed E-state index contributed by atoms with van der Waals surface area (Å²) in [6.07, 6.45) is -0.475. The molecule has 0 atom stereocenters. The summed E-state index contributed by atoms with van der Waals surface area (Å²) in [4.78, 5) is 20.2. The van der Waals surface area contributed by atoms with E-state index in [9.17, 15) is 18.0 Å². The Morgan fingerprint density at radius 1 is 1.38 bits per heavy atom. The van der Waals surface area contributed by atoms with Gasteiger partial charge in [0.1, 0.15) is 10.2 Å². The van der Waals surface area contributed by atoms with Crippen molar-refractivity contribution in [3.05, 3.63) is 24.2 Å². The van der Waals surface area contributed by atoms with E-state index in [1.165, 1.54) is 24.2 Å². The Hall–Kier alpha value is -2.89. The number of hydrogen-bond donors (Lipinski definition) is 1. The number of methoxy groups -OCH3 is 1. The number of ether oxygens (including phenoxy) is 2. The zero-order valence-electron chi connectivity index (χ0n) is 13.5. The van der Waals surface area contributed by atoms with E-state index in [-0.39, 0.29) is 27.0 Å². The van der Waals surface area contributed by atoms with Crippen LogP contribution in [0.2, 0.25) is 0 Å². The average molecular weight is 387 g/mol. The highest BCUT2D eigenvalue weighted by Gasteiger charge is 2.29. The molecule has 0 aromatic carbocycles. The topological polar surface area (TPSA) is 91.2 Å². The predicted octanol–water partition coefficient (Wildman–Crippen LogP) is 2.63. The van der Waals surface area contributed by atoms with Crippen LogP contribution in [0, 0.1) is 0 Å². The Morgan fingerprint density at radius 3 is 2.77 bits per heavy atom. The van der Waals surface area contributed by atoms with E-state index in [4.69, 9.17) is 9.47 Å². The molecule has 0 aliphatic rings. The number of nitrogens with one attached hydrogen (secondary N) is 1. The van der Waals surface area contributed by atoms with Crippen LogP contribution in [0.4, 0.5) is 18.3 Å². The van der Waals surface area contributed by atoms with Crippen LogP contribution in [0.1, 0.15) is 10.4 Å². The van der Waals surface area contributed by atoms with E-state index in [2.05, 4.69) is 20.4 Å². The maximum absolute atomic E-state index is 12.4. The van der Waals surface area contributed by atoms with Gasteiger partial charge in [-0.3, -0.25) is 14.8 Å². The molecule has 0 saturated carbocycles. The van der Waals surface area contributed by atoms with Gasteiger partial charge in [0.15, 0.2) is 17.5 Å². The summed E-state index contributed by atoms with van der Waals surface area (Å²) in [5, 5.41) is 6.62. The number of halogens is 3. The van der Waals surface area contributed by atoms with Gasteiger partial charge in [0.25, 0.3) is 5.91 Å². The first-order chi connectivity index (χ1) is 12.3. The number of fused-ring (bicyclic) bond motifs is 1. The largest absolute Gasteiger partial charge is 0.481 e. The fourth-order valence-corrected chi connectivity index (χ4v) is 2.96. The third-order valence-corrected chi connectivity index (χ3v) is 4.11. The first kappa shape index (κ1) is 17.9. The normalized spacial score (nSPS) is 11.6. The molecule has 0 bridgehead atoms. The summed E-state index contributed by atoms with van der Waals surface area (Å²) >= 11 is 0.951. The molecule has 8 nitrogen and oxygen atoms in total. The van der Waals surface area contributed by atoms with Crippen molar-refractivity contribution in [3.8, 4) is 11.6 Å². The quantitative estimate of drug-likeness (QED) is 0.724. The zero-order valence-corrected chi connectivity index (χ0v) is 14.3. The van der Waals surface area contributed by atoms with E-state index in [0.29, 0.717) is 5.56 Å². The number of carbonyl (C=O) groups is 1. The Bertz CT molecular complexity index is 953. The van der Waals surface area contributed by atoms with E-state index in [1.807, 2.05) is 0 Å². The number of aromatic nitrogens is 4. The van der Waals surface area contributed by atoms with Gasteiger partial charge >= 0.3 is 6.18 Å². The van der Waals surface area contributed by atoms with Gasteiger partial charge in [-0.2, -0.15) is 18.3 Å². The maximum Gasteiger partial charge on any atom is 0.422 e. The zero-order chi connectivity index (χ0) is 18.9. The lowest BCUT2D eigenvalue weighted by Gasteiger charge is -2.09. The van der Waals surface area contributed by atoms with E-state index < -0.39 is 18.7 Å². The lowest BCUT2D eigenvalue weighted by molar-refractivity contribution is -0.153. The predicted molar refractivity (Wildman–Crippen MR) is 86.7 cm³/mol. The van der Waals surface area contributed by atoms with Crippen molar-refractivity contribution in [2.24, 2.45) is 7.05 Å². The van der Waals surface area contributed by atoms with Gasteiger partial charge in [0.2, 0.25) is 5.88 Å². The lowest BCUT2D eigenvalue weighted by Crippen LogP contribution is -2.19. The van der Waals surface area contributed by atoms with Crippen LogP contribution in [-0.2, 0) is 7.05 Å². The number of amides is 1. The molecule has 26 heavy (non-hydrogen) atoms. The number of alkyl halides is 3. The Morgan fingerprint density at radius 2 is 2.15 bits per heavy atom. The molecule has 3 rings (SSSR count). The second-order valence-corrected chi connectivity index (χ2v) is 6.09. The number of aryl methyl sites for hydroxylation is 1. The summed E-state index contributed by atoms with van der Waals surface area (Å²) in [7, 11) is 3.01. The third-order valence-electron chi connectivity index (χ3n) is 3.12. The maximum atomic E-state index is 12.4.